The molecule has 0 aliphatic carbocycles. The maximum absolute atomic E-state index is 11.3. The molecule has 0 fully saturated rings. The second kappa shape index (κ2) is 6.80. The van der Waals surface area contributed by atoms with Gasteiger partial charge in [0.05, 0.1) is 0 Å². The molecule has 0 saturated carbocycles. The highest BCUT2D eigenvalue weighted by atomic mass is 127. The van der Waals surface area contributed by atoms with Crippen LogP contribution >= 0.6 is 22.6 Å². The van der Waals surface area contributed by atoms with E-state index in [9.17, 15) is 4.79 Å². The first kappa shape index (κ1) is 11.5. The van der Waals surface area contributed by atoms with E-state index in [1.807, 2.05) is 0 Å². The van der Waals surface area contributed by atoms with Gasteiger partial charge in [-0.05, 0) is 17.3 Å². The molecular weight excluding hydrogens is 293 g/mol. The van der Waals surface area contributed by atoms with Crippen LogP contribution in [0, 0.1) is 0 Å². The zero-order valence-electron chi connectivity index (χ0n) is 7.95. The molecule has 1 aromatic heterocycles. The van der Waals surface area contributed by atoms with Gasteiger partial charge < -0.3 is 5.32 Å². The number of nitrogens with zero attached hydrogens (tertiary/aromatic N) is 2. The lowest BCUT2D eigenvalue weighted by Gasteiger charge is -2.04. The first-order chi connectivity index (χ1) is 6.84. The number of amides is 1. The third-order valence-corrected chi connectivity index (χ3v) is 2.59. The van der Waals surface area contributed by atoms with Gasteiger partial charge in [0.2, 0.25) is 0 Å². The van der Waals surface area contributed by atoms with E-state index in [1.165, 1.54) is 28.2 Å². The Morgan fingerprint density at radius 3 is 2.93 bits per heavy atom. The van der Waals surface area contributed by atoms with Crippen LogP contribution in [-0.4, -0.2) is 26.6 Å². The highest BCUT2D eigenvalue weighted by Crippen LogP contribution is 1.97. The lowest BCUT2D eigenvalue weighted by atomic mass is 10.2. The van der Waals surface area contributed by atoms with E-state index in [2.05, 4.69) is 32.9 Å². The van der Waals surface area contributed by atoms with E-state index in [1.54, 1.807) is 12.4 Å². The molecule has 1 amide bonds. The monoisotopic (exact) mass is 307 g/mol. The summed E-state index contributed by atoms with van der Waals surface area (Å²) in [4.78, 5) is 15.2. The summed E-state index contributed by atoms with van der Waals surface area (Å²) >= 11 is 2.36. The molecule has 0 saturated heterocycles. The number of alkyl halides is 1. The number of carbonyl (C=O) groups is 1. The number of imidazole rings is 1. The third kappa shape index (κ3) is 4.08. The summed E-state index contributed by atoms with van der Waals surface area (Å²) in [6, 6.07) is -0.100. The molecule has 0 bridgehead atoms. The molecule has 1 aromatic rings. The predicted molar refractivity (Wildman–Crippen MR) is 63.8 cm³/mol. The number of hydrogen-bond donors (Lipinski definition) is 1. The smallest absolute Gasteiger partial charge is 0.326 e. The fourth-order valence-electron chi connectivity index (χ4n) is 1.06. The number of unbranched alkanes of at least 4 members (excludes halogenated alkanes) is 2. The second-order valence-corrected chi connectivity index (χ2v) is 4.03. The summed E-state index contributed by atoms with van der Waals surface area (Å²) in [5, 5.41) is 2.83. The zero-order valence-corrected chi connectivity index (χ0v) is 10.1. The van der Waals surface area contributed by atoms with Gasteiger partial charge in [0.1, 0.15) is 6.33 Å². The summed E-state index contributed by atoms with van der Waals surface area (Å²) in [5.74, 6) is 0. The lowest BCUT2D eigenvalue weighted by Crippen LogP contribution is -2.28. The van der Waals surface area contributed by atoms with Gasteiger partial charge in [0, 0.05) is 18.9 Å². The molecule has 0 atom stereocenters. The summed E-state index contributed by atoms with van der Waals surface area (Å²) in [6.07, 6.45) is 8.17. The highest BCUT2D eigenvalue weighted by Gasteiger charge is 2.00. The molecule has 0 unspecified atom stereocenters. The quantitative estimate of drug-likeness (QED) is 0.514. The molecular formula is C9H14IN3O. The molecule has 5 heteroatoms. The van der Waals surface area contributed by atoms with Crippen molar-refractivity contribution in [3.63, 3.8) is 0 Å². The van der Waals surface area contributed by atoms with Gasteiger partial charge in [0.25, 0.3) is 0 Å². The van der Waals surface area contributed by atoms with Gasteiger partial charge in [-0.1, -0.05) is 29.0 Å². The van der Waals surface area contributed by atoms with Crippen molar-refractivity contribution < 1.29 is 4.79 Å². The minimum absolute atomic E-state index is 0.100. The van der Waals surface area contributed by atoms with Gasteiger partial charge >= 0.3 is 6.03 Å². The van der Waals surface area contributed by atoms with Crippen LogP contribution in [0.2, 0.25) is 0 Å². The maximum atomic E-state index is 11.3. The van der Waals surface area contributed by atoms with Crippen molar-refractivity contribution >= 4 is 28.6 Å². The predicted octanol–water partition coefficient (Wildman–Crippen LogP) is 2.05. The Morgan fingerprint density at radius 2 is 2.29 bits per heavy atom. The minimum atomic E-state index is -0.100. The van der Waals surface area contributed by atoms with E-state index in [0.717, 1.165) is 13.0 Å². The number of nitrogens with one attached hydrogen (secondary N) is 1. The van der Waals surface area contributed by atoms with E-state index in [4.69, 9.17) is 0 Å². The first-order valence-corrected chi connectivity index (χ1v) is 6.19. The molecule has 0 radical (unpaired) electrons. The number of halogens is 1. The molecule has 4 nitrogen and oxygen atoms in total. The van der Waals surface area contributed by atoms with Gasteiger partial charge in [-0.3, -0.25) is 4.57 Å². The largest absolute Gasteiger partial charge is 0.337 e. The molecule has 0 spiro atoms. The molecule has 0 aliphatic heterocycles. The topological polar surface area (TPSA) is 46.9 Å². The molecule has 78 valence electrons. The average molecular weight is 307 g/mol. The van der Waals surface area contributed by atoms with Crippen molar-refractivity contribution in [2.24, 2.45) is 0 Å². The summed E-state index contributed by atoms with van der Waals surface area (Å²) in [7, 11) is 0. The number of carbonyl (C=O) groups excluding carboxylic acids is 1. The van der Waals surface area contributed by atoms with Crippen LogP contribution in [0.1, 0.15) is 19.3 Å². The first-order valence-electron chi connectivity index (χ1n) is 4.66. The average Bonchev–Trinajstić information content (AvgIpc) is 2.70. The van der Waals surface area contributed by atoms with Crippen LogP contribution in [0.4, 0.5) is 4.79 Å². The van der Waals surface area contributed by atoms with Gasteiger partial charge in [-0.2, -0.15) is 0 Å². The second-order valence-electron chi connectivity index (χ2n) is 2.95. The van der Waals surface area contributed by atoms with Crippen LogP contribution in [0.5, 0.6) is 0 Å². The molecule has 1 rings (SSSR count). The number of hydrogen-bond acceptors (Lipinski definition) is 2. The van der Waals surface area contributed by atoms with Crippen molar-refractivity contribution in [1.29, 1.82) is 0 Å². The SMILES string of the molecule is O=C(NCCCCCI)n1ccnc1. The van der Waals surface area contributed by atoms with Crippen LogP contribution in [-0.2, 0) is 0 Å². The number of rotatable bonds is 5. The highest BCUT2D eigenvalue weighted by molar-refractivity contribution is 14.1. The van der Waals surface area contributed by atoms with Crippen molar-refractivity contribution in [3.05, 3.63) is 18.7 Å². The Hall–Kier alpha value is -0.590. The fraction of sp³-hybridized carbons (Fsp3) is 0.556. The number of aromatic nitrogens is 2. The maximum Gasteiger partial charge on any atom is 0.326 e. The molecule has 0 aromatic carbocycles. The van der Waals surface area contributed by atoms with Crippen LogP contribution < -0.4 is 5.32 Å². The molecule has 0 aliphatic rings. The van der Waals surface area contributed by atoms with Crippen molar-refractivity contribution in [2.75, 3.05) is 11.0 Å². The van der Waals surface area contributed by atoms with E-state index < -0.39 is 0 Å². The lowest BCUT2D eigenvalue weighted by molar-refractivity contribution is 0.242. The van der Waals surface area contributed by atoms with Crippen LogP contribution in [0.15, 0.2) is 18.7 Å². The summed E-state index contributed by atoms with van der Waals surface area (Å²) in [6.45, 7) is 0.744. The van der Waals surface area contributed by atoms with E-state index >= 15 is 0 Å². The summed E-state index contributed by atoms with van der Waals surface area (Å²) in [5.41, 5.74) is 0. The van der Waals surface area contributed by atoms with Crippen LogP contribution in [0.25, 0.3) is 0 Å². The van der Waals surface area contributed by atoms with Crippen LogP contribution in [0.3, 0.4) is 0 Å². The fourth-order valence-corrected chi connectivity index (χ4v) is 1.60. The van der Waals surface area contributed by atoms with Crippen molar-refractivity contribution in [2.45, 2.75) is 19.3 Å². The third-order valence-electron chi connectivity index (χ3n) is 1.83. The van der Waals surface area contributed by atoms with Crippen molar-refractivity contribution in [1.82, 2.24) is 14.9 Å². The molecule has 1 N–H and O–H groups in total. The minimum Gasteiger partial charge on any atom is -0.337 e. The van der Waals surface area contributed by atoms with Gasteiger partial charge in [-0.25, -0.2) is 9.78 Å². The Morgan fingerprint density at radius 1 is 1.43 bits per heavy atom. The normalized spacial score (nSPS) is 10.1. The molecule has 14 heavy (non-hydrogen) atoms. The van der Waals surface area contributed by atoms with Gasteiger partial charge in [-0.15, -0.1) is 0 Å². The van der Waals surface area contributed by atoms with Gasteiger partial charge in [0.15, 0.2) is 0 Å². The van der Waals surface area contributed by atoms with Crippen molar-refractivity contribution in [3.8, 4) is 0 Å². The Bertz CT molecular complexity index is 261. The zero-order chi connectivity index (χ0) is 10.2. The van der Waals surface area contributed by atoms with E-state index in [0.29, 0.717) is 0 Å². The van der Waals surface area contributed by atoms with E-state index in [-0.39, 0.29) is 6.03 Å². The Labute approximate surface area is 97.2 Å². The Balaban J connectivity index is 2.10. The standard InChI is InChI=1S/C9H14IN3O/c10-4-2-1-3-5-12-9(14)13-7-6-11-8-13/h6-8H,1-5H2,(H,12,14). The summed E-state index contributed by atoms with van der Waals surface area (Å²) < 4.78 is 2.63. The molecule has 1 heterocycles. The Kier molecular flexibility index (Phi) is 5.58.